The molecule has 0 saturated carbocycles. The fourth-order valence-electron chi connectivity index (χ4n) is 4.02. The molecule has 1 fully saturated rings. The normalized spacial score (nSPS) is 18.0. The molecule has 1 atom stereocenters. The first-order chi connectivity index (χ1) is 16.3. The summed E-state index contributed by atoms with van der Waals surface area (Å²) in [6, 6.07) is 15.6. The maximum atomic E-state index is 13.2. The molecule has 34 heavy (non-hydrogen) atoms. The number of hydrogen-bond donors (Lipinski definition) is 0. The Balaban J connectivity index is 1.35. The van der Waals surface area contributed by atoms with Gasteiger partial charge in [0.1, 0.15) is 12.4 Å². The van der Waals surface area contributed by atoms with E-state index in [1.54, 1.807) is 12.1 Å². The van der Waals surface area contributed by atoms with Gasteiger partial charge >= 0.3 is 0 Å². The van der Waals surface area contributed by atoms with Crippen LogP contribution in [0, 0.1) is 5.95 Å². The average Bonchev–Trinajstić information content (AvgIpc) is 3.04. The Morgan fingerprint density at radius 1 is 1.06 bits per heavy atom. The minimum Gasteiger partial charge on any atom is -0.492 e. The molecular weight excluding hydrogens is 461 g/mol. The summed E-state index contributed by atoms with van der Waals surface area (Å²) in [5.41, 5.74) is 0.874. The number of rotatable bonds is 7. The fourth-order valence-corrected chi connectivity index (χ4v) is 5.71. The quantitative estimate of drug-likeness (QED) is 0.380. The summed E-state index contributed by atoms with van der Waals surface area (Å²) in [4.78, 5) is 29.9. The second-order valence-electron chi connectivity index (χ2n) is 8.07. The van der Waals surface area contributed by atoms with Crippen molar-refractivity contribution in [3.8, 4) is 5.75 Å². The standard InChI is InChI=1S/C24H20FN3O5S/c25-22-9-6-16(13-26-22)14-27-21-8-7-19(12-20(21)23(29)24(27)30)34(31,32)28-11-10-17(28)15-33-18-4-2-1-3-5-18/h1-9,12-13,17H,10-11,14-15H2/t17-/m0/s1. The number of carbonyl (C=O) groups excluding carboxylic acids is 2. The van der Waals surface area contributed by atoms with Crippen LogP contribution in [0.25, 0.3) is 0 Å². The smallest absolute Gasteiger partial charge is 0.299 e. The van der Waals surface area contributed by atoms with Crippen LogP contribution in [0.3, 0.4) is 0 Å². The topological polar surface area (TPSA) is 96.9 Å². The van der Waals surface area contributed by atoms with E-state index in [1.165, 1.54) is 45.7 Å². The van der Waals surface area contributed by atoms with Crippen LogP contribution >= 0.6 is 0 Å². The molecular formula is C24H20FN3O5S. The third-order valence-electron chi connectivity index (χ3n) is 5.95. The summed E-state index contributed by atoms with van der Waals surface area (Å²) in [5, 5.41) is 0. The number of benzene rings is 2. The molecule has 174 valence electrons. The monoisotopic (exact) mass is 481 g/mol. The molecule has 10 heteroatoms. The van der Waals surface area contributed by atoms with Gasteiger partial charge in [-0.2, -0.15) is 8.70 Å². The van der Waals surface area contributed by atoms with Crippen LogP contribution in [-0.2, 0) is 21.4 Å². The van der Waals surface area contributed by atoms with E-state index in [9.17, 15) is 22.4 Å². The number of hydrogen-bond acceptors (Lipinski definition) is 6. The molecule has 1 aromatic heterocycles. The summed E-state index contributed by atoms with van der Waals surface area (Å²) in [6.45, 7) is 0.575. The molecule has 2 aliphatic rings. The van der Waals surface area contributed by atoms with Crippen LogP contribution in [0.4, 0.5) is 10.1 Å². The van der Waals surface area contributed by atoms with Crippen molar-refractivity contribution in [1.29, 1.82) is 0 Å². The first kappa shape index (κ1) is 22.2. The Kier molecular flexibility index (Phi) is 5.62. The molecule has 1 saturated heterocycles. The number of ketones is 1. The van der Waals surface area contributed by atoms with Crippen molar-refractivity contribution < 1.29 is 27.1 Å². The average molecular weight is 482 g/mol. The highest BCUT2D eigenvalue weighted by Crippen LogP contribution is 2.35. The van der Waals surface area contributed by atoms with Gasteiger partial charge in [-0.05, 0) is 48.4 Å². The molecule has 2 aromatic carbocycles. The molecule has 0 aliphatic carbocycles. The van der Waals surface area contributed by atoms with Crippen molar-refractivity contribution in [2.24, 2.45) is 0 Å². The number of nitrogens with zero attached hydrogens (tertiary/aromatic N) is 3. The molecule has 0 radical (unpaired) electrons. The van der Waals surface area contributed by atoms with Crippen LogP contribution in [0.2, 0.25) is 0 Å². The first-order valence-electron chi connectivity index (χ1n) is 10.6. The third-order valence-corrected chi connectivity index (χ3v) is 7.90. The minimum atomic E-state index is -3.88. The Bertz CT molecular complexity index is 1360. The fraction of sp³-hybridized carbons (Fsp3) is 0.208. The van der Waals surface area contributed by atoms with E-state index in [-0.39, 0.29) is 29.7 Å². The predicted octanol–water partition coefficient (Wildman–Crippen LogP) is 2.79. The van der Waals surface area contributed by atoms with E-state index < -0.39 is 27.7 Å². The molecule has 0 N–H and O–H groups in total. The highest BCUT2D eigenvalue weighted by Gasteiger charge is 2.41. The summed E-state index contributed by atoms with van der Waals surface area (Å²) >= 11 is 0. The largest absolute Gasteiger partial charge is 0.492 e. The minimum absolute atomic E-state index is 0.0158. The highest BCUT2D eigenvalue weighted by molar-refractivity contribution is 7.89. The van der Waals surface area contributed by atoms with Gasteiger partial charge in [0.2, 0.25) is 16.0 Å². The predicted molar refractivity (Wildman–Crippen MR) is 120 cm³/mol. The van der Waals surface area contributed by atoms with Crippen LogP contribution in [0.15, 0.2) is 71.8 Å². The summed E-state index contributed by atoms with van der Waals surface area (Å²) in [6.07, 6.45) is 1.94. The Hall–Kier alpha value is -3.63. The molecule has 2 aliphatic heterocycles. The van der Waals surface area contributed by atoms with Gasteiger partial charge in [0.05, 0.1) is 28.7 Å². The third kappa shape index (κ3) is 3.95. The van der Waals surface area contributed by atoms with Crippen molar-refractivity contribution in [1.82, 2.24) is 9.29 Å². The molecule has 8 nitrogen and oxygen atoms in total. The molecule has 1 amide bonds. The maximum absolute atomic E-state index is 13.2. The summed E-state index contributed by atoms with van der Waals surface area (Å²) < 4.78 is 46.6. The van der Waals surface area contributed by atoms with E-state index in [0.717, 1.165) is 0 Å². The lowest BCUT2D eigenvalue weighted by Gasteiger charge is -2.39. The number of aromatic nitrogens is 1. The number of fused-ring (bicyclic) bond motifs is 1. The molecule has 0 bridgehead atoms. The Labute approximate surface area is 195 Å². The van der Waals surface area contributed by atoms with E-state index in [2.05, 4.69) is 4.98 Å². The van der Waals surface area contributed by atoms with Gasteiger partial charge < -0.3 is 9.64 Å². The SMILES string of the molecule is O=C1C(=O)N(Cc2ccc(F)nc2)c2ccc(S(=O)(=O)N3CC[C@H]3COc3ccccc3)cc21. The molecule has 3 heterocycles. The van der Waals surface area contributed by atoms with Crippen molar-refractivity contribution in [2.45, 2.75) is 23.9 Å². The second-order valence-corrected chi connectivity index (χ2v) is 9.96. The highest BCUT2D eigenvalue weighted by atomic mass is 32.2. The van der Waals surface area contributed by atoms with Crippen LogP contribution < -0.4 is 9.64 Å². The van der Waals surface area contributed by atoms with Gasteiger partial charge in [0, 0.05) is 12.7 Å². The maximum Gasteiger partial charge on any atom is 0.299 e. The lowest BCUT2D eigenvalue weighted by molar-refractivity contribution is -0.114. The van der Waals surface area contributed by atoms with Crippen molar-refractivity contribution >= 4 is 27.4 Å². The molecule has 5 rings (SSSR count). The van der Waals surface area contributed by atoms with E-state index in [1.807, 2.05) is 18.2 Å². The lowest BCUT2D eigenvalue weighted by Crippen LogP contribution is -2.53. The van der Waals surface area contributed by atoms with Gasteiger partial charge in [-0.3, -0.25) is 9.59 Å². The number of halogens is 1. The second kappa shape index (κ2) is 8.62. The van der Waals surface area contributed by atoms with Crippen LogP contribution in [0.5, 0.6) is 5.75 Å². The summed E-state index contributed by atoms with van der Waals surface area (Å²) in [5.74, 6) is -1.55. The number of Topliss-reactive ketones (excluding diaryl/α,β-unsaturated/α-hetero) is 1. The van der Waals surface area contributed by atoms with Gasteiger partial charge in [-0.15, -0.1) is 0 Å². The zero-order chi connectivity index (χ0) is 23.9. The summed E-state index contributed by atoms with van der Waals surface area (Å²) in [7, 11) is -3.88. The van der Waals surface area contributed by atoms with Crippen LogP contribution in [-0.4, -0.2) is 48.6 Å². The van der Waals surface area contributed by atoms with E-state index in [0.29, 0.717) is 30.0 Å². The van der Waals surface area contributed by atoms with E-state index in [4.69, 9.17) is 4.74 Å². The number of carbonyl (C=O) groups is 2. The number of pyridine rings is 1. The molecule has 0 unspecified atom stereocenters. The van der Waals surface area contributed by atoms with Gasteiger partial charge in [-0.1, -0.05) is 24.3 Å². The number of anilines is 1. The van der Waals surface area contributed by atoms with Crippen molar-refractivity contribution in [3.05, 3.63) is 83.9 Å². The van der Waals surface area contributed by atoms with Crippen molar-refractivity contribution in [3.63, 3.8) is 0 Å². The van der Waals surface area contributed by atoms with E-state index >= 15 is 0 Å². The Morgan fingerprint density at radius 2 is 1.85 bits per heavy atom. The number of ether oxygens (including phenoxy) is 1. The molecule has 0 spiro atoms. The van der Waals surface area contributed by atoms with Gasteiger partial charge in [0.25, 0.3) is 11.7 Å². The number of amides is 1. The lowest BCUT2D eigenvalue weighted by atomic mass is 10.1. The number of para-hydroxylation sites is 1. The number of sulfonamides is 1. The first-order valence-corrected chi connectivity index (χ1v) is 12.1. The van der Waals surface area contributed by atoms with Gasteiger partial charge in [-0.25, -0.2) is 13.4 Å². The van der Waals surface area contributed by atoms with Crippen LogP contribution in [0.1, 0.15) is 22.3 Å². The van der Waals surface area contributed by atoms with Gasteiger partial charge in [0.15, 0.2) is 0 Å². The zero-order valence-electron chi connectivity index (χ0n) is 17.9. The zero-order valence-corrected chi connectivity index (χ0v) is 18.7. The molecule has 3 aromatic rings. The van der Waals surface area contributed by atoms with Crippen molar-refractivity contribution in [2.75, 3.05) is 18.1 Å². The Morgan fingerprint density at radius 3 is 2.53 bits per heavy atom.